The highest BCUT2D eigenvalue weighted by atomic mass is 19.2. The van der Waals surface area contributed by atoms with Gasteiger partial charge < -0.3 is 10.5 Å². The largest absolute Gasteiger partial charge is 0.380 e. The van der Waals surface area contributed by atoms with E-state index in [0.717, 1.165) is 0 Å². The fraction of sp³-hybridized carbons (Fsp3) is 0.455. The number of ether oxygens (including phenoxy) is 1. The molecule has 1 rings (SSSR count). The molecule has 1 aromatic rings. The fourth-order valence-corrected chi connectivity index (χ4v) is 1.40. The normalized spacial score (nSPS) is 12.9. The molecule has 1 aromatic carbocycles. The molecule has 0 spiro atoms. The predicted octanol–water partition coefficient (Wildman–Crippen LogP) is 2.00. The first-order chi connectivity index (χ1) is 7.06. The van der Waals surface area contributed by atoms with Gasteiger partial charge in [0.05, 0.1) is 6.61 Å². The van der Waals surface area contributed by atoms with Gasteiger partial charge in [-0.2, -0.15) is 0 Å². The molecular weight excluding hydrogens is 200 g/mol. The molecule has 4 heteroatoms. The zero-order valence-electron chi connectivity index (χ0n) is 8.89. The fourth-order valence-electron chi connectivity index (χ4n) is 1.40. The van der Waals surface area contributed by atoms with Crippen LogP contribution in [0, 0.1) is 11.6 Å². The van der Waals surface area contributed by atoms with Crippen molar-refractivity contribution in [3.8, 4) is 0 Å². The van der Waals surface area contributed by atoms with E-state index in [1.807, 2.05) is 0 Å². The Kier molecular flexibility index (Phi) is 4.17. The van der Waals surface area contributed by atoms with Crippen LogP contribution in [0.15, 0.2) is 12.1 Å². The zero-order chi connectivity index (χ0) is 11.4. The quantitative estimate of drug-likeness (QED) is 0.833. The summed E-state index contributed by atoms with van der Waals surface area (Å²) in [6.07, 6.45) is 0.329. The van der Waals surface area contributed by atoms with Crippen molar-refractivity contribution >= 4 is 0 Å². The molecule has 0 bridgehead atoms. The molecule has 84 valence electrons. The van der Waals surface area contributed by atoms with Crippen LogP contribution in [0.1, 0.15) is 18.1 Å². The van der Waals surface area contributed by atoms with E-state index in [1.54, 1.807) is 13.0 Å². The molecule has 1 atom stereocenters. The molecule has 0 amide bonds. The van der Waals surface area contributed by atoms with Gasteiger partial charge in [0.15, 0.2) is 11.6 Å². The highest BCUT2D eigenvalue weighted by Gasteiger charge is 2.13. The van der Waals surface area contributed by atoms with Crippen LogP contribution in [-0.2, 0) is 17.8 Å². The summed E-state index contributed by atoms with van der Waals surface area (Å²) in [5.41, 5.74) is 6.06. The first-order valence-corrected chi connectivity index (χ1v) is 4.76. The van der Waals surface area contributed by atoms with Crippen LogP contribution in [0.4, 0.5) is 8.78 Å². The van der Waals surface area contributed by atoms with Crippen molar-refractivity contribution in [2.24, 2.45) is 5.73 Å². The molecule has 0 radical (unpaired) electrons. The molecule has 0 saturated heterocycles. The topological polar surface area (TPSA) is 35.2 Å². The van der Waals surface area contributed by atoms with Crippen molar-refractivity contribution in [3.63, 3.8) is 0 Å². The molecule has 0 saturated carbocycles. The summed E-state index contributed by atoms with van der Waals surface area (Å²) >= 11 is 0. The highest BCUT2D eigenvalue weighted by Crippen LogP contribution is 2.18. The highest BCUT2D eigenvalue weighted by molar-refractivity contribution is 5.26. The number of rotatable bonds is 4. The second-order valence-corrected chi connectivity index (χ2v) is 3.63. The van der Waals surface area contributed by atoms with Gasteiger partial charge in [0, 0.05) is 18.7 Å². The van der Waals surface area contributed by atoms with Crippen molar-refractivity contribution in [1.82, 2.24) is 0 Å². The third kappa shape index (κ3) is 2.97. The van der Waals surface area contributed by atoms with Crippen molar-refractivity contribution in [2.45, 2.75) is 26.0 Å². The molecule has 0 fully saturated rings. The SMILES string of the molecule is COCc1ccc(CC(C)N)c(F)c1F. The maximum absolute atomic E-state index is 13.5. The van der Waals surface area contributed by atoms with Crippen molar-refractivity contribution < 1.29 is 13.5 Å². The van der Waals surface area contributed by atoms with Gasteiger partial charge >= 0.3 is 0 Å². The van der Waals surface area contributed by atoms with E-state index in [-0.39, 0.29) is 18.2 Å². The zero-order valence-corrected chi connectivity index (χ0v) is 8.89. The standard InChI is InChI=1S/C11H15F2NO/c1-7(14)5-8-3-4-9(6-15-2)11(13)10(8)12/h3-4,7H,5-6,14H2,1-2H3. The third-order valence-electron chi connectivity index (χ3n) is 2.08. The second-order valence-electron chi connectivity index (χ2n) is 3.63. The lowest BCUT2D eigenvalue weighted by molar-refractivity contribution is 0.180. The van der Waals surface area contributed by atoms with Crippen LogP contribution in [0.3, 0.4) is 0 Å². The van der Waals surface area contributed by atoms with Gasteiger partial charge in [0.25, 0.3) is 0 Å². The molecule has 0 aliphatic heterocycles. The minimum atomic E-state index is -0.838. The number of hydrogen-bond acceptors (Lipinski definition) is 2. The lowest BCUT2D eigenvalue weighted by Gasteiger charge is -2.09. The van der Waals surface area contributed by atoms with Crippen molar-refractivity contribution in [3.05, 3.63) is 34.9 Å². The van der Waals surface area contributed by atoms with E-state index < -0.39 is 11.6 Å². The first kappa shape index (κ1) is 12.1. The molecule has 0 aliphatic rings. The molecule has 0 aromatic heterocycles. The monoisotopic (exact) mass is 215 g/mol. The average Bonchev–Trinajstić information content (AvgIpc) is 2.17. The van der Waals surface area contributed by atoms with E-state index in [4.69, 9.17) is 10.5 Å². The minimum Gasteiger partial charge on any atom is -0.380 e. The first-order valence-electron chi connectivity index (χ1n) is 4.76. The molecular formula is C11H15F2NO. The van der Waals surface area contributed by atoms with Crippen LogP contribution in [0.25, 0.3) is 0 Å². The summed E-state index contributed by atoms with van der Waals surface area (Å²) in [4.78, 5) is 0. The Hall–Kier alpha value is -1.00. The third-order valence-corrected chi connectivity index (χ3v) is 2.08. The Balaban J connectivity index is 2.98. The maximum Gasteiger partial charge on any atom is 0.164 e. The Morgan fingerprint density at radius 1 is 1.27 bits per heavy atom. The molecule has 2 N–H and O–H groups in total. The van der Waals surface area contributed by atoms with Gasteiger partial charge in [0.1, 0.15) is 0 Å². The van der Waals surface area contributed by atoms with E-state index in [1.165, 1.54) is 13.2 Å². The molecule has 0 heterocycles. The minimum absolute atomic E-state index is 0.0706. The maximum atomic E-state index is 13.5. The Morgan fingerprint density at radius 3 is 2.33 bits per heavy atom. The van der Waals surface area contributed by atoms with Gasteiger partial charge in [-0.3, -0.25) is 0 Å². The summed E-state index contributed by atoms with van der Waals surface area (Å²) in [5.74, 6) is -1.66. The summed E-state index contributed by atoms with van der Waals surface area (Å²) < 4.78 is 31.6. The number of methoxy groups -OCH3 is 1. The lowest BCUT2D eigenvalue weighted by atomic mass is 10.0. The van der Waals surface area contributed by atoms with Crippen LogP contribution in [0.5, 0.6) is 0 Å². The van der Waals surface area contributed by atoms with Crippen LogP contribution < -0.4 is 5.73 Å². The Morgan fingerprint density at radius 2 is 1.80 bits per heavy atom. The summed E-state index contributed by atoms with van der Waals surface area (Å²) in [6.45, 7) is 1.82. The van der Waals surface area contributed by atoms with Gasteiger partial charge in [-0.15, -0.1) is 0 Å². The number of nitrogens with two attached hydrogens (primary N) is 1. The number of benzene rings is 1. The van der Waals surface area contributed by atoms with E-state index in [9.17, 15) is 8.78 Å². The number of halogens is 2. The van der Waals surface area contributed by atoms with Crippen LogP contribution in [-0.4, -0.2) is 13.2 Å². The van der Waals surface area contributed by atoms with Gasteiger partial charge in [-0.1, -0.05) is 12.1 Å². The molecule has 1 unspecified atom stereocenters. The smallest absolute Gasteiger partial charge is 0.164 e. The van der Waals surface area contributed by atoms with Crippen LogP contribution in [0.2, 0.25) is 0 Å². The van der Waals surface area contributed by atoms with E-state index in [2.05, 4.69) is 0 Å². The van der Waals surface area contributed by atoms with E-state index in [0.29, 0.717) is 12.0 Å². The predicted molar refractivity (Wildman–Crippen MR) is 54.4 cm³/mol. The second kappa shape index (κ2) is 5.19. The Labute approximate surface area is 88.0 Å². The average molecular weight is 215 g/mol. The molecule has 15 heavy (non-hydrogen) atoms. The number of hydrogen-bond donors (Lipinski definition) is 1. The Bertz CT molecular complexity index is 340. The molecule has 2 nitrogen and oxygen atoms in total. The summed E-state index contributed by atoms with van der Waals surface area (Å²) in [5, 5.41) is 0. The lowest BCUT2D eigenvalue weighted by Crippen LogP contribution is -2.19. The van der Waals surface area contributed by atoms with Crippen molar-refractivity contribution in [1.29, 1.82) is 0 Å². The molecule has 0 aliphatic carbocycles. The van der Waals surface area contributed by atoms with Gasteiger partial charge in [-0.05, 0) is 18.9 Å². The summed E-state index contributed by atoms with van der Waals surface area (Å²) in [6, 6.07) is 2.89. The van der Waals surface area contributed by atoms with Crippen molar-refractivity contribution in [2.75, 3.05) is 7.11 Å². The summed E-state index contributed by atoms with van der Waals surface area (Å²) in [7, 11) is 1.44. The van der Waals surface area contributed by atoms with Crippen LogP contribution >= 0.6 is 0 Å². The van der Waals surface area contributed by atoms with Gasteiger partial charge in [-0.25, -0.2) is 8.78 Å². The van der Waals surface area contributed by atoms with Gasteiger partial charge in [0.2, 0.25) is 0 Å². The van der Waals surface area contributed by atoms with E-state index >= 15 is 0 Å².